The summed E-state index contributed by atoms with van der Waals surface area (Å²) in [6.07, 6.45) is 7.16. The molecule has 1 saturated carbocycles. The predicted octanol–water partition coefficient (Wildman–Crippen LogP) is 3.40. The molecule has 0 radical (unpaired) electrons. The molecule has 132 valence electrons. The topological polar surface area (TPSA) is 84.2 Å². The highest BCUT2D eigenvalue weighted by Crippen LogP contribution is 2.31. The summed E-state index contributed by atoms with van der Waals surface area (Å²) in [6.45, 7) is 2.34. The van der Waals surface area contributed by atoms with Crippen molar-refractivity contribution in [3.05, 3.63) is 36.7 Å². The molecule has 3 rings (SSSR count). The van der Waals surface area contributed by atoms with Crippen molar-refractivity contribution in [3.63, 3.8) is 0 Å². The number of anilines is 1. The SMILES string of the molecule is CC(=O)Nc1ccc(-c2nccn2CC2CCC(C(=O)O)CC2)cc1. The Labute approximate surface area is 146 Å². The molecule has 0 atom stereocenters. The van der Waals surface area contributed by atoms with Gasteiger partial charge in [0.15, 0.2) is 0 Å². The molecule has 1 amide bonds. The van der Waals surface area contributed by atoms with E-state index >= 15 is 0 Å². The molecule has 2 N–H and O–H groups in total. The Bertz CT molecular complexity index is 744. The minimum Gasteiger partial charge on any atom is -0.481 e. The number of rotatable bonds is 5. The van der Waals surface area contributed by atoms with Crippen molar-refractivity contribution in [1.29, 1.82) is 0 Å². The van der Waals surface area contributed by atoms with Crippen molar-refractivity contribution >= 4 is 17.6 Å². The fourth-order valence-electron chi connectivity index (χ4n) is 3.49. The molecule has 1 heterocycles. The molecule has 0 bridgehead atoms. The van der Waals surface area contributed by atoms with Crippen molar-refractivity contribution < 1.29 is 14.7 Å². The van der Waals surface area contributed by atoms with Gasteiger partial charge >= 0.3 is 5.97 Å². The summed E-state index contributed by atoms with van der Waals surface area (Å²) < 4.78 is 2.14. The van der Waals surface area contributed by atoms with Crippen molar-refractivity contribution in [2.45, 2.75) is 39.2 Å². The first kappa shape index (κ1) is 17.2. The number of aromatic nitrogens is 2. The van der Waals surface area contributed by atoms with E-state index in [0.717, 1.165) is 49.3 Å². The molecular weight excluding hydrogens is 318 g/mol. The van der Waals surface area contributed by atoms with Gasteiger partial charge in [-0.15, -0.1) is 0 Å². The van der Waals surface area contributed by atoms with E-state index in [0.29, 0.717) is 5.92 Å². The first-order chi connectivity index (χ1) is 12.0. The van der Waals surface area contributed by atoms with E-state index in [1.165, 1.54) is 6.92 Å². The summed E-state index contributed by atoms with van der Waals surface area (Å²) in [5, 5.41) is 11.9. The minimum atomic E-state index is -0.666. The van der Waals surface area contributed by atoms with Crippen LogP contribution in [0.3, 0.4) is 0 Å². The number of carbonyl (C=O) groups is 2. The van der Waals surface area contributed by atoms with Gasteiger partial charge in [0.1, 0.15) is 5.82 Å². The molecule has 1 aliphatic carbocycles. The molecule has 6 heteroatoms. The van der Waals surface area contributed by atoms with Crippen LogP contribution in [0.1, 0.15) is 32.6 Å². The van der Waals surface area contributed by atoms with Gasteiger partial charge < -0.3 is 15.0 Å². The highest BCUT2D eigenvalue weighted by molar-refractivity contribution is 5.88. The largest absolute Gasteiger partial charge is 0.481 e. The van der Waals surface area contributed by atoms with Crippen LogP contribution in [0.5, 0.6) is 0 Å². The van der Waals surface area contributed by atoms with Gasteiger partial charge in [-0.2, -0.15) is 0 Å². The Morgan fingerprint density at radius 1 is 1.20 bits per heavy atom. The molecule has 6 nitrogen and oxygen atoms in total. The van der Waals surface area contributed by atoms with E-state index in [-0.39, 0.29) is 11.8 Å². The number of hydrogen-bond acceptors (Lipinski definition) is 3. The maximum absolute atomic E-state index is 11.1. The van der Waals surface area contributed by atoms with Gasteiger partial charge in [-0.3, -0.25) is 9.59 Å². The van der Waals surface area contributed by atoms with Crippen LogP contribution < -0.4 is 5.32 Å². The number of benzene rings is 1. The van der Waals surface area contributed by atoms with E-state index in [4.69, 9.17) is 5.11 Å². The van der Waals surface area contributed by atoms with Gasteiger partial charge in [0.25, 0.3) is 0 Å². The number of amides is 1. The second kappa shape index (κ2) is 7.51. The summed E-state index contributed by atoms with van der Waals surface area (Å²) in [5.41, 5.74) is 1.76. The molecule has 1 aliphatic rings. The molecule has 0 spiro atoms. The van der Waals surface area contributed by atoms with Crippen molar-refractivity contribution in [2.75, 3.05) is 5.32 Å². The van der Waals surface area contributed by atoms with E-state index < -0.39 is 5.97 Å². The van der Waals surface area contributed by atoms with Gasteiger partial charge in [0.05, 0.1) is 5.92 Å². The van der Waals surface area contributed by atoms with Crippen LogP contribution in [0.15, 0.2) is 36.7 Å². The van der Waals surface area contributed by atoms with E-state index in [1.54, 1.807) is 6.20 Å². The van der Waals surface area contributed by atoms with Gasteiger partial charge in [0.2, 0.25) is 5.91 Å². The molecule has 0 aliphatic heterocycles. The van der Waals surface area contributed by atoms with Crippen LogP contribution in [-0.4, -0.2) is 26.5 Å². The number of imidazole rings is 1. The normalized spacial score (nSPS) is 20.2. The van der Waals surface area contributed by atoms with Crippen molar-refractivity contribution in [3.8, 4) is 11.4 Å². The number of carboxylic acid groups (broad SMARTS) is 1. The van der Waals surface area contributed by atoms with Crippen LogP contribution in [0.2, 0.25) is 0 Å². The lowest BCUT2D eigenvalue weighted by molar-refractivity contribution is -0.143. The molecule has 0 unspecified atom stereocenters. The Balaban J connectivity index is 1.67. The lowest BCUT2D eigenvalue weighted by atomic mass is 9.82. The van der Waals surface area contributed by atoms with E-state index in [9.17, 15) is 9.59 Å². The summed E-state index contributed by atoms with van der Waals surface area (Å²) >= 11 is 0. The molecule has 1 aromatic carbocycles. The molecular formula is C19H23N3O3. The van der Waals surface area contributed by atoms with Crippen LogP contribution in [0.4, 0.5) is 5.69 Å². The maximum Gasteiger partial charge on any atom is 0.306 e. The quantitative estimate of drug-likeness (QED) is 0.873. The maximum atomic E-state index is 11.1. The first-order valence-electron chi connectivity index (χ1n) is 8.65. The van der Waals surface area contributed by atoms with E-state index in [2.05, 4.69) is 14.9 Å². The fourth-order valence-corrected chi connectivity index (χ4v) is 3.49. The summed E-state index contributed by atoms with van der Waals surface area (Å²) in [7, 11) is 0. The molecule has 1 fully saturated rings. The highest BCUT2D eigenvalue weighted by Gasteiger charge is 2.26. The van der Waals surface area contributed by atoms with Crippen molar-refractivity contribution in [1.82, 2.24) is 9.55 Å². The Morgan fingerprint density at radius 3 is 2.48 bits per heavy atom. The molecule has 2 aromatic rings. The smallest absolute Gasteiger partial charge is 0.306 e. The van der Waals surface area contributed by atoms with Gasteiger partial charge in [-0.25, -0.2) is 4.98 Å². The lowest BCUT2D eigenvalue weighted by Gasteiger charge is -2.26. The van der Waals surface area contributed by atoms with Gasteiger partial charge in [-0.1, -0.05) is 0 Å². The standard InChI is InChI=1S/C19H23N3O3/c1-13(23)21-17-8-6-15(7-9-17)18-20-10-11-22(18)12-14-2-4-16(5-3-14)19(24)25/h6-11,14,16H,2-5,12H2,1H3,(H,21,23)(H,24,25). The second-order valence-electron chi connectivity index (χ2n) is 6.72. The van der Waals surface area contributed by atoms with Crippen LogP contribution in [0.25, 0.3) is 11.4 Å². The summed E-state index contributed by atoms with van der Waals surface area (Å²) in [4.78, 5) is 26.6. The molecule has 25 heavy (non-hydrogen) atoms. The minimum absolute atomic E-state index is 0.0915. The summed E-state index contributed by atoms with van der Waals surface area (Å²) in [6, 6.07) is 7.64. The van der Waals surface area contributed by atoms with Crippen LogP contribution in [0, 0.1) is 11.8 Å². The average Bonchev–Trinajstić information content (AvgIpc) is 3.03. The van der Waals surface area contributed by atoms with Gasteiger partial charge in [-0.05, 0) is 55.9 Å². The Kier molecular flexibility index (Phi) is 5.16. The number of carbonyl (C=O) groups excluding carboxylic acids is 1. The van der Waals surface area contributed by atoms with E-state index in [1.807, 2.05) is 30.5 Å². The third-order valence-electron chi connectivity index (χ3n) is 4.83. The Hall–Kier alpha value is -2.63. The highest BCUT2D eigenvalue weighted by atomic mass is 16.4. The number of carboxylic acids is 1. The number of nitrogens with one attached hydrogen (secondary N) is 1. The third-order valence-corrected chi connectivity index (χ3v) is 4.83. The van der Waals surface area contributed by atoms with Crippen LogP contribution in [-0.2, 0) is 16.1 Å². The monoisotopic (exact) mass is 341 g/mol. The zero-order valence-electron chi connectivity index (χ0n) is 14.3. The zero-order valence-corrected chi connectivity index (χ0v) is 14.3. The van der Waals surface area contributed by atoms with Crippen LogP contribution >= 0.6 is 0 Å². The lowest BCUT2D eigenvalue weighted by Crippen LogP contribution is -2.23. The Morgan fingerprint density at radius 2 is 1.88 bits per heavy atom. The molecule has 0 saturated heterocycles. The second-order valence-corrected chi connectivity index (χ2v) is 6.72. The first-order valence-corrected chi connectivity index (χ1v) is 8.65. The summed E-state index contributed by atoms with van der Waals surface area (Å²) in [5.74, 6) is 0.448. The van der Waals surface area contributed by atoms with Crippen molar-refractivity contribution in [2.24, 2.45) is 11.8 Å². The number of hydrogen-bond donors (Lipinski definition) is 2. The predicted molar refractivity (Wildman–Crippen MR) is 95.1 cm³/mol. The third kappa shape index (κ3) is 4.26. The number of nitrogens with zero attached hydrogens (tertiary/aromatic N) is 2. The average molecular weight is 341 g/mol. The fraction of sp³-hybridized carbons (Fsp3) is 0.421. The zero-order chi connectivity index (χ0) is 17.8. The molecule has 1 aromatic heterocycles. The van der Waals surface area contributed by atoms with Gasteiger partial charge in [0, 0.05) is 37.1 Å². The number of aliphatic carboxylic acids is 1.